The van der Waals surface area contributed by atoms with Crippen LogP contribution in [0.1, 0.15) is 5.76 Å². The number of halogens is 4. The lowest BCUT2D eigenvalue weighted by Gasteiger charge is -2.35. The van der Waals surface area contributed by atoms with Gasteiger partial charge in [0.1, 0.15) is 15.7 Å². The van der Waals surface area contributed by atoms with Gasteiger partial charge in [0.2, 0.25) is 5.76 Å². The molecular formula is C18H15F4N3O3S2. The summed E-state index contributed by atoms with van der Waals surface area (Å²) in [4.78, 5) is 1.96. The largest absolute Gasteiger partial charge is 0.452 e. The Balaban J connectivity index is 1.47. The van der Waals surface area contributed by atoms with E-state index in [1.54, 1.807) is 12.1 Å². The van der Waals surface area contributed by atoms with E-state index in [1.165, 1.54) is 27.9 Å². The van der Waals surface area contributed by atoms with Gasteiger partial charge in [-0.15, -0.1) is 11.3 Å². The summed E-state index contributed by atoms with van der Waals surface area (Å²) in [6.45, 7) is 1.33. The molecule has 6 nitrogen and oxygen atoms in total. The van der Waals surface area contributed by atoms with Gasteiger partial charge in [0.25, 0.3) is 10.0 Å². The van der Waals surface area contributed by atoms with Crippen molar-refractivity contribution < 1.29 is 30.5 Å². The van der Waals surface area contributed by atoms with Gasteiger partial charge in [-0.25, -0.2) is 12.8 Å². The minimum Gasteiger partial charge on any atom is -0.369 e. The number of nitrogens with zero attached hydrogens (tertiary/aromatic N) is 3. The summed E-state index contributed by atoms with van der Waals surface area (Å²) in [7, 11) is -3.80. The molecule has 0 amide bonds. The first-order valence-corrected chi connectivity index (χ1v) is 11.1. The Hall–Kier alpha value is -2.44. The lowest BCUT2D eigenvalue weighted by Crippen LogP contribution is -2.48. The number of piperazine rings is 1. The zero-order valence-corrected chi connectivity index (χ0v) is 16.9. The van der Waals surface area contributed by atoms with Crippen molar-refractivity contribution in [2.45, 2.75) is 10.4 Å². The Morgan fingerprint density at radius 3 is 2.30 bits per heavy atom. The highest BCUT2D eigenvalue weighted by molar-refractivity contribution is 7.91. The predicted molar refractivity (Wildman–Crippen MR) is 102 cm³/mol. The van der Waals surface area contributed by atoms with Gasteiger partial charge in [-0.05, 0) is 30.3 Å². The van der Waals surface area contributed by atoms with Crippen molar-refractivity contribution in [1.82, 2.24) is 9.46 Å². The molecule has 0 radical (unpaired) electrons. The summed E-state index contributed by atoms with van der Waals surface area (Å²) in [6, 6.07) is 8.00. The second-order valence-corrected chi connectivity index (χ2v) is 9.67. The minimum absolute atomic E-state index is 0.0179. The van der Waals surface area contributed by atoms with Crippen molar-refractivity contribution in [2.75, 3.05) is 31.1 Å². The maximum atomic E-state index is 13.1. The van der Waals surface area contributed by atoms with Crippen LogP contribution in [-0.2, 0) is 16.2 Å². The van der Waals surface area contributed by atoms with E-state index in [0.717, 1.165) is 23.1 Å². The number of thiophene rings is 1. The van der Waals surface area contributed by atoms with Gasteiger partial charge in [-0.2, -0.15) is 17.5 Å². The second kappa shape index (κ2) is 7.67. The quantitative estimate of drug-likeness (QED) is 0.548. The van der Waals surface area contributed by atoms with Crippen molar-refractivity contribution in [3.8, 4) is 11.3 Å². The zero-order chi connectivity index (χ0) is 21.5. The number of anilines is 1. The van der Waals surface area contributed by atoms with Crippen LogP contribution in [0, 0.1) is 5.82 Å². The maximum Gasteiger partial charge on any atom is 0.452 e. The molecule has 1 aliphatic heterocycles. The van der Waals surface area contributed by atoms with Crippen LogP contribution in [0.5, 0.6) is 0 Å². The van der Waals surface area contributed by atoms with Crippen LogP contribution < -0.4 is 4.90 Å². The standard InChI is InChI=1S/C18H15F4N3O3S2/c19-13-1-3-14(4-2-13)24-5-7-25(8-6-24)30(26,27)17-9-12(11-29-17)15-10-16(28-23-15)18(20,21)22/h1-4,9-11H,5-8H2. The maximum absolute atomic E-state index is 13.1. The summed E-state index contributed by atoms with van der Waals surface area (Å²) in [5.74, 6) is -1.59. The Bertz CT molecular complexity index is 1130. The highest BCUT2D eigenvalue weighted by Crippen LogP contribution is 2.35. The van der Waals surface area contributed by atoms with Gasteiger partial charge < -0.3 is 9.42 Å². The van der Waals surface area contributed by atoms with Crippen LogP contribution in [0.4, 0.5) is 23.2 Å². The number of hydrogen-bond donors (Lipinski definition) is 0. The average molecular weight is 461 g/mol. The van der Waals surface area contributed by atoms with Crippen molar-refractivity contribution in [3.63, 3.8) is 0 Å². The highest BCUT2D eigenvalue weighted by atomic mass is 32.2. The third-order valence-electron chi connectivity index (χ3n) is 4.69. The topological polar surface area (TPSA) is 66.7 Å². The fourth-order valence-electron chi connectivity index (χ4n) is 3.10. The first kappa shape index (κ1) is 20.8. The number of aromatic nitrogens is 1. The van der Waals surface area contributed by atoms with E-state index in [-0.39, 0.29) is 34.4 Å². The van der Waals surface area contributed by atoms with E-state index < -0.39 is 22.0 Å². The summed E-state index contributed by atoms with van der Waals surface area (Å²) in [5, 5.41) is 4.81. The second-order valence-electron chi connectivity index (χ2n) is 6.60. The van der Waals surface area contributed by atoms with Crippen LogP contribution in [0.15, 0.2) is 50.5 Å². The van der Waals surface area contributed by atoms with Crippen LogP contribution in [0.3, 0.4) is 0 Å². The number of rotatable bonds is 4. The zero-order valence-electron chi connectivity index (χ0n) is 15.3. The fourth-order valence-corrected chi connectivity index (χ4v) is 5.85. The van der Waals surface area contributed by atoms with Crippen LogP contribution in [0.25, 0.3) is 11.3 Å². The van der Waals surface area contributed by atoms with Gasteiger partial charge >= 0.3 is 6.18 Å². The molecule has 0 unspecified atom stereocenters. The monoisotopic (exact) mass is 461 g/mol. The average Bonchev–Trinajstić information content (AvgIpc) is 3.38. The van der Waals surface area contributed by atoms with Crippen molar-refractivity contribution in [1.29, 1.82) is 0 Å². The van der Waals surface area contributed by atoms with E-state index in [0.29, 0.717) is 13.1 Å². The molecule has 1 fully saturated rings. The predicted octanol–water partition coefficient (Wildman–Crippen LogP) is 4.07. The first-order valence-electron chi connectivity index (χ1n) is 8.78. The number of benzene rings is 1. The summed E-state index contributed by atoms with van der Waals surface area (Å²) in [5.41, 5.74) is 0.960. The van der Waals surface area contributed by atoms with E-state index in [2.05, 4.69) is 9.68 Å². The Kier molecular flexibility index (Phi) is 5.32. The fraction of sp³-hybridized carbons (Fsp3) is 0.278. The van der Waals surface area contributed by atoms with Crippen LogP contribution in [0.2, 0.25) is 0 Å². The smallest absolute Gasteiger partial charge is 0.369 e. The molecule has 3 heterocycles. The number of hydrogen-bond acceptors (Lipinski definition) is 6. The Morgan fingerprint density at radius 1 is 1.03 bits per heavy atom. The summed E-state index contributed by atoms with van der Waals surface area (Å²) in [6.07, 6.45) is -4.67. The summed E-state index contributed by atoms with van der Waals surface area (Å²) < 4.78 is 82.6. The molecular weight excluding hydrogens is 446 g/mol. The third-order valence-corrected chi connectivity index (χ3v) is 8.00. The van der Waals surface area contributed by atoms with Crippen LogP contribution in [-0.4, -0.2) is 44.1 Å². The molecule has 1 saturated heterocycles. The van der Waals surface area contributed by atoms with Gasteiger partial charge in [-0.1, -0.05) is 5.16 Å². The third kappa shape index (κ3) is 4.07. The van der Waals surface area contributed by atoms with Crippen molar-refractivity contribution >= 4 is 27.0 Å². The SMILES string of the molecule is O=S(=O)(c1cc(-c2cc(C(F)(F)F)on2)cs1)N1CCN(c2ccc(F)cc2)CC1. The van der Waals surface area contributed by atoms with Gasteiger partial charge in [0.15, 0.2) is 0 Å². The molecule has 4 rings (SSSR count). The minimum atomic E-state index is -4.67. The van der Waals surface area contributed by atoms with E-state index >= 15 is 0 Å². The van der Waals surface area contributed by atoms with Gasteiger partial charge in [0, 0.05) is 48.9 Å². The molecule has 2 aromatic heterocycles. The normalized spacial score (nSPS) is 16.2. The van der Waals surface area contributed by atoms with Gasteiger partial charge in [0.05, 0.1) is 0 Å². The van der Waals surface area contributed by atoms with E-state index in [9.17, 15) is 26.0 Å². The molecule has 0 aliphatic carbocycles. The Morgan fingerprint density at radius 2 is 1.70 bits per heavy atom. The molecule has 160 valence electrons. The highest BCUT2D eigenvalue weighted by Gasteiger charge is 2.36. The molecule has 0 spiro atoms. The lowest BCUT2D eigenvalue weighted by molar-refractivity contribution is -0.155. The molecule has 0 saturated carbocycles. The molecule has 0 bridgehead atoms. The van der Waals surface area contributed by atoms with Crippen molar-refractivity contribution in [2.24, 2.45) is 0 Å². The molecule has 0 atom stereocenters. The first-order chi connectivity index (χ1) is 14.1. The summed E-state index contributed by atoms with van der Waals surface area (Å²) >= 11 is 0.913. The Labute approximate surface area is 173 Å². The molecule has 0 N–H and O–H groups in total. The molecule has 30 heavy (non-hydrogen) atoms. The van der Waals surface area contributed by atoms with Crippen LogP contribution >= 0.6 is 11.3 Å². The number of alkyl halides is 3. The van der Waals surface area contributed by atoms with Crippen molar-refractivity contribution in [3.05, 3.63) is 53.4 Å². The van der Waals surface area contributed by atoms with Gasteiger partial charge in [-0.3, -0.25) is 0 Å². The number of sulfonamides is 1. The molecule has 1 aromatic carbocycles. The molecule has 3 aromatic rings. The van der Waals surface area contributed by atoms with E-state index in [4.69, 9.17) is 0 Å². The lowest BCUT2D eigenvalue weighted by atomic mass is 10.2. The van der Waals surface area contributed by atoms with E-state index in [1.807, 2.05) is 4.90 Å². The molecule has 1 aliphatic rings. The molecule has 12 heteroatoms.